The molecule has 2 rings (SSSR count). The number of benzene rings is 1. The summed E-state index contributed by atoms with van der Waals surface area (Å²) < 4.78 is 0. The summed E-state index contributed by atoms with van der Waals surface area (Å²) in [6, 6.07) is 7.89. The first-order valence-electron chi connectivity index (χ1n) is 4.97. The number of rotatable bonds is 2. The highest BCUT2D eigenvalue weighted by Crippen LogP contribution is 2.20. The van der Waals surface area contributed by atoms with Crippen LogP contribution >= 0.6 is 0 Å². The number of nitrogens with zero attached hydrogens (tertiary/aromatic N) is 1. The van der Waals surface area contributed by atoms with Crippen LogP contribution in [0.3, 0.4) is 0 Å². The van der Waals surface area contributed by atoms with Gasteiger partial charge in [-0.1, -0.05) is 12.1 Å². The number of para-hydroxylation sites is 1. The van der Waals surface area contributed by atoms with Crippen LogP contribution in [0.25, 0.3) is 0 Å². The van der Waals surface area contributed by atoms with Gasteiger partial charge < -0.3 is 16.2 Å². The quantitative estimate of drug-likeness (QED) is 0.730. The molecule has 0 aliphatic heterocycles. The molecule has 0 fully saturated rings. The second-order valence-electron chi connectivity index (χ2n) is 3.43. The van der Waals surface area contributed by atoms with E-state index >= 15 is 0 Å². The van der Waals surface area contributed by atoms with Crippen molar-refractivity contribution < 1.29 is 9.90 Å². The molecule has 0 atom stereocenters. The SMILES string of the molecule is Nc1cnccc1NC(=O)c1ccccc1O. The molecule has 0 saturated carbocycles. The number of aromatic hydroxyl groups is 1. The molecule has 1 amide bonds. The number of anilines is 2. The van der Waals surface area contributed by atoms with Gasteiger partial charge in [0.15, 0.2) is 0 Å². The molecule has 0 bridgehead atoms. The molecule has 4 N–H and O–H groups in total. The smallest absolute Gasteiger partial charge is 0.259 e. The van der Waals surface area contributed by atoms with Gasteiger partial charge in [0.05, 0.1) is 23.1 Å². The fourth-order valence-electron chi connectivity index (χ4n) is 1.38. The number of nitrogens with one attached hydrogen (secondary N) is 1. The fourth-order valence-corrected chi connectivity index (χ4v) is 1.38. The Kier molecular flexibility index (Phi) is 2.91. The molecule has 0 saturated heterocycles. The van der Waals surface area contributed by atoms with Crippen molar-refractivity contribution in [3.8, 4) is 5.75 Å². The van der Waals surface area contributed by atoms with E-state index < -0.39 is 5.91 Å². The van der Waals surface area contributed by atoms with Gasteiger partial charge in [0.25, 0.3) is 5.91 Å². The van der Waals surface area contributed by atoms with Crippen molar-refractivity contribution in [3.63, 3.8) is 0 Å². The van der Waals surface area contributed by atoms with Gasteiger partial charge >= 0.3 is 0 Å². The van der Waals surface area contributed by atoms with Gasteiger partial charge in [-0.3, -0.25) is 9.78 Å². The van der Waals surface area contributed by atoms with E-state index in [2.05, 4.69) is 10.3 Å². The van der Waals surface area contributed by atoms with E-state index in [0.29, 0.717) is 11.4 Å². The summed E-state index contributed by atoms with van der Waals surface area (Å²) in [7, 11) is 0. The van der Waals surface area contributed by atoms with E-state index in [1.807, 2.05) is 0 Å². The predicted octanol–water partition coefficient (Wildman–Crippen LogP) is 1.62. The van der Waals surface area contributed by atoms with Crippen LogP contribution in [0.1, 0.15) is 10.4 Å². The van der Waals surface area contributed by atoms with Crippen LogP contribution in [0.2, 0.25) is 0 Å². The zero-order chi connectivity index (χ0) is 12.3. The standard InChI is InChI=1S/C12H11N3O2/c13-9-7-14-6-5-10(9)15-12(17)8-3-1-2-4-11(8)16/h1-7,16H,13H2,(H,14,15,17). The van der Waals surface area contributed by atoms with Gasteiger partial charge in [0.1, 0.15) is 5.75 Å². The molecule has 0 spiro atoms. The maximum absolute atomic E-state index is 11.8. The van der Waals surface area contributed by atoms with Crippen molar-refractivity contribution in [1.82, 2.24) is 4.98 Å². The summed E-state index contributed by atoms with van der Waals surface area (Å²) in [5.41, 5.74) is 6.68. The molecule has 5 heteroatoms. The third kappa shape index (κ3) is 2.34. The monoisotopic (exact) mass is 229 g/mol. The number of amides is 1. The molecule has 0 unspecified atom stereocenters. The Labute approximate surface area is 97.9 Å². The molecule has 2 aromatic rings. The van der Waals surface area contributed by atoms with Gasteiger partial charge in [-0.2, -0.15) is 0 Å². The third-order valence-electron chi connectivity index (χ3n) is 2.25. The molecular weight excluding hydrogens is 218 g/mol. The molecule has 17 heavy (non-hydrogen) atoms. The molecule has 1 aromatic heterocycles. The number of carbonyl (C=O) groups excluding carboxylic acids is 1. The van der Waals surface area contributed by atoms with Gasteiger partial charge in [-0.15, -0.1) is 0 Å². The molecule has 0 aliphatic carbocycles. The number of nitrogen functional groups attached to an aromatic ring is 1. The van der Waals surface area contributed by atoms with E-state index in [1.165, 1.54) is 24.5 Å². The largest absolute Gasteiger partial charge is 0.507 e. The minimum absolute atomic E-state index is 0.0716. The van der Waals surface area contributed by atoms with Crippen molar-refractivity contribution in [2.24, 2.45) is 0 Å². The van der Waals surface area contributed by atoms with Crippen molar-refractivity contribution in [2.45, 2.75) is 0 Å². The molecule has 1 heterocycles. The molecule has 1 aromatic carbocycles. The highest BCUT2D eigenvalue weighted by Gasteiger charge is 2.11. The maximum atomic E-state index is 11.8. The van der Waals surface area contributed by atoms with Crippen LogP contribution in [0, 0.1) is 0 Å². The Hall–Kier alpha value is -2.56. The number of nitrogens with two attached hydrogens (primary N) is 1. The van der Waals surface area contributed by atoms with Crippen LogP contribution in [0.15, 0.2) is 42.7 Å². The average Bonchev–Trinajstić information content (AvgIpc) is 2.32. The number of hydrogen-bond donors (Lipinski definition) is 3. The Bertz CT molecular complexity index is 555. The van der Waals surface area contributed by atoms with Crippen LogP contribution in [0.5, 0.6) is 5.75 Å². The molecular formula is C12H11N3O2. The molecule has 0 radical (unpaired) electrons. The van der Waals surface area contributed by atoms with Crippen molar-refractivity contribution in [1.29, 1.82) is 0 Å². The van der Waals surface area contributed by atoms with Crippen molar-refractivity contribution in [3.05, 3.63) is 48.3 Å². The van der Waals surface area contributed by atoms with Gasteiger partial charge in [-0.25, -0.2) is 0 Å². The fraction of sp³-hybridized carbons (Fsp3) is 0. The first-order valence-corrected chi connectivity index (χ1v) is 4.97. The van der Waals surface area contributed by atoms with E-state index in [4.69, 9.17) is 5.73 Å². The Morgan fingerprint density at radius 2 is 2.06 bits per heavy atom. The van der Waals surface area contributed by atoms with E-state index in [1.54, 1.807) is 18.2 Å². The van der Waals surface area contributed by atoms with Crippen LogP contribution in [-0.4, -0.2) is 16.0 Å². The van der Waals surface area contributed by atoms with Crippen LogP contribution in [-0.2, 0) is 0 Å². The summed E-state index contributed by atoms with van der Waals surface area (Å²) >= 11 is 0. The minimum Gasteiger partial charge on any atom is -0.507 e. The number of phenols is 1. The normalized spacial score (nSPS) is 9.88. The Morgan fingerprint density at radius 1 is 1.29 bits per heavy atom. The van der Waals surface area contributed by atoms with Crippen LogP contribution in [0.4, 0.5) is 11.4 Å². The second kappa shape index (κ2) is 4.52. The highest BCUT2D eigenvalue weighted by molar-refractivity contribution is 6.07. The summed E-state index contributed by atoms with van der Waals surface area (Å²) in [5.74, 6) is -0.487. The zero-order valence-electron chi connectivity index (χ0n) is 8.92. The lowest BCUT2D eigenvalue weighted by molar-refractivity contribution is 0.102. The van der Waals surface area contributed by atoms with E-state index in [-0.39, 0.29) is 11.3 Å². The topological polar surface area (TPSA) is 88.2 Å². The van der Waals surface area contributed by atoms with Gasteiger partial charge in [0.2, 0.25) is 0 Å². The number of pyridine rings is 1. The summed E-state index contributed by atoms with van der Waals surface area (Å²) in [6.45, 7) is 0. The first kappa shape index (κ1) is 10.9. The van der Waals surface area contributed by atoms with Gasteiger partial charge in [0, 0.05) is 6.20 Å². The number of phenolic OH excluding ortho intramolecular Hbond substituents is 1. The average molecular weight is 229 g/mol. The van der Waals surface area contributed by atoms with Crippen LogP contribution < -0.4 is 11.1 Å². The maximum Gasteiger partial charge on any atom is 0.259 e. The van der Waals surface area contributed by atoms with E-state index in [9.17, 15) is 9.90 Å². The minimum atomic E-state index is -0.416. The summed E-state index contributed by atoms with van der Waals surface area (Å²) in [4.78, 5) is 15.7. The molecule has 5 nitrogen and oxygen atoms in total. The second-order valence-corrected chi connectivity index (χ2v) is 3.43. The van der Waals surface area contributed by atoms with E-state index in [0.717, 1.165) is 0 Å². The zero-order valence-corrected chi connectivity index (χ0v) is 8.92. The summed E-state index contributed by atoms with van der Waals surface area (Å²) in [6.07, 6.45) is 2.97. The Balaban J connectivity index is 2.24. The number of aromatic nitrogens is 1. The number of hydrogen-bond acceptors (Lipinski definition) is 4. The van der Waals surface area contributed by atoms with Crippen molar-refractivity contribution >= 4 is 17.3 Å². The lowest BCUT2D eigenvalue weighted by Crippen LogP contribution is -2.13. The lowest BCUT2D eigenvalue weighted by Gasteiger charge is -2.08. The van der Waals surface area contributed by atoms with Gasteiger partial charge in [-0.05, 0) is 18.2 Å². The predicted molar refractivity (Wildman–Crippen MR) is 64.7 cm³/mol. The highest BCUT2D eigenvalue weighted by atomic mass is 16.3. The molecule has 86 valence electrons. The third-order valence-corrected chi connectivity index (χ3v) is 2.25. The first-order chi connectivity index (χ1) is 8.18. The molecule has 0 aliphatic rings. The van der Waals surface area contributed by atoms with Crippen molar-refractivity contribution in [2.75, 3.05) is 11.1 Å². The summed E-state index contributed by atoms with van der Waals surface area (Å²) in [5, 5.41) is 12.1. The lowest BCUT2D eigenvalue weighted by atomic mass is 10.2. The number of carbonyl (C=O) groups is 1. The Morgan fingerprint density at radius 3 is 2.76 bits per heavy atom.